The largest absolute Gasteiger partial charge is 0.301 e. The Hall–Kier alpha value is -1.80. The van der Waals surface area contributed by atoms with Crippen molar-refractivity contribution in [3.05, 3.63) is 104 Å². The molecule has 0 radical (unpaired) electrons. The van der Waals surface area contributed by atoms with Crippen LogP contribution in [0.5, 0.6) is 0 Å². The van der Waals surface area contributed by atoms with Gasteiger partial charge in [-0.15, -0.1) is 0 Å². The highest BCUT2D eigenvalue weighted by atomic mass is 35.5. The Morgan fingerprint density at radius 2 is 1.74 bits per heavy atom. The molecule has 138 valence electrons. The summed E-state index contributed by atoms with van der Waals surface area (Å²) in [6.45, 7) is 3.96. The van der Waals surface area contributed by atoms with E-state index in [1.54, 1.807) is 0 Å². The van der Waals surface area contributed by atoms with E-state index in [1.807, 2.05) is 6.07 Å². The fourth-order valence-electron chi connectivity index (χ4n) is 3.99. The van der Waals surface area contributed by atoms with Gasteiger partial charge in [-0.2, -0.15) is 0 Å². The summed E-state index contributed by atoms with van der Waals surface area (Å²) in [4.78, 5) is 2.33. The summed E-state index contributed by atoms with van der Waals surface area (Å²) in [5.41, 5.74) is 7.75. The van der Waals surface area contributed by atoms with E-state index in [2.05, 4.69) is 73.5 Å². The van der Waals surface area contributed by atoms with Crippen LogP contribution in [0, 0.1) is 6.92 Å². The van der Waals surface area contributed by atoms with Gasteiger partial charge in [0.2, 0.25) is 0 Å². The van der Waals surface area contributed by atoms with Gasteiger partial charge in [-0.05, 0) is 60.3 Å². The maximum atomic E-state index is 6.51. The first kappa shape index (κ1) is 18.6. The van der Waals surface area contributed by atoms with E-state index in [1.165, 1.54) is 33.4 Å². The first-order valence-electron chi connectivity index (χ1n) is 9.30. The molecule has 1 heterocycles. The van der Waals surface area contributed by atoms with Crippen molar-refractivity contribution >= 4 is 23.2 Å². The number of halogens is 2. The van der Waals surface area contributed by atoms with Crippen LogP contribution in [0.1, 0.15) is 39.3 Å². The van der Waals surface area contributed by atoms with Gasteiger partial charge in [-0.1, -0.05) is 77.3 Å². The van der Waals surface area contributed by atoms with Crippen molar-refractivity contribution in [2.45, 2.75) is 25.8 Å². The molecular weight excluding hydrogens is 373 g/mol. The topological polar surface area (TPSA) is 3.24 Å². The van der Waals surface area contributed by atoms with Gasteiger partial charge >= 0.3 is 0 Å². The lowest BCUT2D eigenvalue weighted by Crippen LogP contribution is -2.31. The Bertz CT molecular complexity index is 963. The first-order valence-corrected chi connectivity index (χ1v) is 10.1. The summed E-state index contributed by atoms with van der Waals surface area (Å²) in [5, 5.41) is 1.48. The summed E-state index contributed by atoms with van der Waals surface area (Å²) >= 11 is 12.8. The molecule has 0 bridgehead atoms. The number of fused-ring (bicyclic) bond motifs is 1. The van der Waals surface area contributed by atoms with Crippen LogP contribution >= 0.6 is 23.2 Å². The van der Waals surface area contributed by atoms with E-state index in [0.717, 1.165) is 24.5 Å². The second-order valence-electron chi connectivity index (χ2n) is 7.61. The molecule has 0 amide bonds. The van der Waals surface area contributed by atoms with Crippen molar-refractivity contribution in [2.24, 2.45) is 0 Å². The molecule has 4 rings (SSSR count). The molecule has 1 aliphatic heterocycles. The SMILES string of the molecule is Cc1ccc(Cc2cccc(C3CN(C)Cc4c(Cl)cc(Cl)cc43)c2)cc1. The van der Waals surface area contributed by atoms with Crippen molar-refractivity contribution < 1.29 is 0 Å². The molecule has 0 saturated heterocycles. The predicted octanol–water partition coefficient (Wildman–Crippen LogP) is 6.47. The average Bonchev–Trinajstić information content (AvgIpc) is 2.64. The fourth-order valence-corrected chi connectivity index (χ4v) is 4.56. The average molecular weight is 396 g/mol. The maximum absolute atomic E-state index is 6.51. The van der Waals surface area contributed by atoms with E-state index in [9.17, 15) is 0 Å². The van der Waals surface area contributed by atoms with Crippen LogP contribution in [0.2, 0.25) is 10.0 Å². The Morgan fingerprint density at radius 3 is 2.52 bits per heavy atom. The first-order chi connectivity index (χ1) is 13.0. The fraction of sp³-hybridized carbons (Fsp3) is 0.250. The highest BCUT2D eigenvalue weighted by Crippen LogP contribution is 2.38. The maximum Gasteiger partial charge on any atom is 0.0468 e. The minimum Gasteiger partial charge on any atom is -0.301 e. The van der Waals surface area contributed by atoms with Crippen molar-refractivity contribution in [3.63, 3.8) is 0 Å². The molecule has 1 atom stereocenters. The lowest BCUT2D eigenvalue weighted by molar-refractivity contribution is 0.295. The van der Waals surface area contributed by atoms with Gasteiger partial charge in [-0.25, -0.2) is 0 Å². The second kappa shape index (κ2) is 7.67. The van der Waals surface area contributed by atoms with Crippen molar-refractivity contribution in [3.8, 4) is 0 Å². The molecule has 1 unspecified atom stereocenters. The van der Waals surface area contributed by atoms with Gasteiger partial charge in [-0.3, -0.25) is 0 Å². The molecule has 1 nitrogen and oxygen atoms in total. The Balaban J connectivity index is 1.69. The number of rotatable bonds is 3. The van der Waals surface area contributed by atoms with Gasteiger partial charge in [0.15, 0.2) is 0 Å². The number of benzene rings is 3. The summed E-state index contributed by atoms with van der Waals surface area (Å²) < 4.78 is 0. The number of aryl methyl sites for hydroxylation is 1. The Morgan fingerprint density at radius 1 is 0.963 bits per heavy atom. The number of nitrogens with zero attached hydrogens (tertiary/aromatic N) is 1. The molecule has 0 N–H and O–H groups in total. The minimum atomic E-state index is 0.285. The molecular formula is C24H23Cl2N. The molecule has 0 aromatic heterocycles. The van der Waals surface area contributed by atoms with E-state index < -0.39 is 0 Å². The van der Waals surface area contributed by atoms with Gasteiger partial charge < -0.3 is 4.90 Å². The van der Waals surface area contributed by atoms with E-state index >= 15 is 0 Å². The quantitative estimate of drug-likeness (QED) is 0.490. The van der Waals surface area contributed by atoms with Crippen LogP contribution in [0.25, 0.3) is 0 Å². The lowest BCUT2D eigenvalue weighted by Gasteiger charge is -2.33. The highest BCUT2D eigenvalue weighted by molar-refractivity contribution is 6.35. The van der Waals surface area contributed by atoms with Crippen LogP contribution in [0.4, 0.5) is 0 Å². The summed E-state index contributed by atoms with van der Waals surface area (Å²) in [6, 6.07) is 21.7. The van der Waals surface area contributed by atoms with Crippen molar-refractivity contribution in [1.82, 2.24) is 4.90 Å². The van der Waals surface area contributed by atoms with Crippen LogP contribution < -0.4 is 0 Å². The molecule has 0 spiro atoms. The normalized spacial score (nSPS) is 17.0. The monoisotopic (exact) mass is 395 g/mol. The zero-order valence-electron chi connectivity index (χ0n) is 15.7. The molecule has 0 aliphatic carbocycles. The molecule has 3 aromatic rings. The molecule has 0 saturated carbocycles. The molecule has 27 heavy (non-hydrogen) atoms. The van der Waals surface area contributed by atoms with Crippen LogP contribution in [-0.4, -0.2) is 18.5 Å². The smallest absolute Gasteiger partial charge is 0.0468 e. The summed E-state index contributed by atoms with van der Waals surface area (Å²) in [6.07, 6.45) is 0.944. The summed E-state index contributed by atoms with van der Waals surface area (Å²) in [7, 11) is 2.15. The second-order valence-corrected chi connectivity index (χ2v) is 8.46. The van der Waals surface area contributed by atoms with E-state index in [-0.39, 0.29) is 5.92 Å². The Kier molecular flexibility index (Phi) is 5.27. The third kappa shape index (κ3) is 4.06. The molecule has 3 aromatic carbocycles. The van der Waals surface area contributed by atoms with Crippen LogP contribution in [0.3, 0.4) is 0 Å². The third-order valence-corrected chi connectivity index (χ3v) is 5.93. The van der Waals surface area contributed by atoms with Gasteiger partial charge in [0, 0.05) is 29.1 Å². The van der Waals surface area contributed by atoms with Gasteiger partial charge in [0.1, 0.15) is 0 Å². The molecule has 3 heteroatoms. The standard InChI is InChI=1S/C24H23Cl2N/c1-16-6-8-17(9-7-16)10-18-4-3-5-19(11-18)22-14-27(2)15-23-21(22)12-20(25)13-24(23)26/h3-9,11-13,22H,10,14-15H2,1-2H3. The summed E-state index contributed by atoms with van der Waals surface area (Å²) in [5.74, 6) is 0.285. The van der Waals surface area contributed by atoms with E-state index in [0.29, 0.717) is 5.02 Å². The molecule has 1 aliphatic rings. The minimum absolute atomic E-state index is 0.285. The van der Waals surface area contributed by atoms with Gasteiger partial charge in [0.25, 0.3) is 0 Å². The van der Waals surface area contributed by atoms with Crippen molar-refractivity contribution in [2.75, 3.05) is 13.6 Å². The zero-order valence-corrected chi connectivity index (χ0v) is 17.2. The lowest BCUT2D eigenvalue weighted by atomic mass is 9.84. The van der Waals surface area contributed by atoms with Crippen molar-refractivity contribution in [1.29, 1.82) is 0 Å². The number of hydrogen-bond acceptors (Lipinski definition) is 1. The Labute approximate surface area is 171 Å². The van der Waals surface area contributed by atoms with Crippen LogP contribution in [0.15, 0.2) is 60.7 Å². The van der Waals surface area contributed by atoms with Gasteiger partial charge in [0.05, 0.1) is 0 Å². The number of likely N-dealkylation sites (N-methyl/N-ethyl adjacent to an activating group) is 1. The number of hydrogen-bond donors (Lipinski definition) is 0. The predicted molar refractivity (Wildman–Crippen MR) is 115 cm³/mol. The van der Waals surface area contributed by atoms with Crippen LogP contribution in [-0.2, 0) is 13.0 Å². The molecule has 0 fully saturated rings. The van der Waals surface area contributed by atoms with E-state index in [4.69, 9.17) is 23.2 Å². The highest BCUT2D eigenvalue weighted by Gasteiger charge is 2.27. The zero-order chi connectivity index (χ0) is 19.0. The third-order valence-electron chi connectivity index (χ3n) is 5.37.